The molecule has 0 bridgehead atoms. The number of rotatable bonds is 5. The Kier molecular flexibility index (Phi) is 5.98. The third kappa shape index (κ3) is 4.37. The Hall–Kier alpha value is -0.780. The second kappa shape index (κ2) is 8.18. The van der Waals surface area contributed by atoms with E-state index in [1.165, 1.54) is 57.8 Å². The highest BCUT2D eigenvalue weighted by Crippen LogP contribution is 2.42. The minimum absolute atomic E-state index is 0.954. The van der Waals surface area contributed by atoms with Gasteiger partial charge in [-0.25, -0.2) is 0 Å². The number of hydrogen-bond acceptors (Lipinski definition) is 0. The van der Waals surface area contributed by atoms with Crippen LogP contribution in [0.2, 0.25) is 0 Å². The van der Waals surface area contributed by atoms with Gasteiger partial charge in [-0.3, -0.25) is 0 Å². The molecule has 122 valence electrons. The van der Waals surface area contributed by atoms with Crippen molar-refractivity contribution in [1.29, 1.82) is 0 Å². The number of hydrogen-bond donors (Lipinski definition) is 0. The molecule has 22 heavy (non-hydrogen) atoms. The third-order valence-electron chi connectivity index (χ3n) is 6.51. The Balaban J connectivity index is 1.40. The van der Waals surface area contributed by atoms with Crippen molar-refractivity contribution in [3.05, 3.63) is 35.9 Å². The fourth-order valence-electron chi connectivity index (χ4n) is 5.17. The molecule has 0 atom stereocenters. The standard InChI is InChI=1S/C22H34/c1-2-6-18-9-13-21(14-10-18)22-15-11-20(12-16-22)17-19-7-4-3-5-8-19/h3-5,7-8,18,20-22H,2,6,9-17H2,1H3/t18-,20?,21-,22?. The van der Waals surface area contributed by atoms with E-state index in [2.05, 4.69) is 37.3 Å². The number of benzene rings is 1. The van der Waals surface area contributed by atoms with Crippen LogP contribution in [0.1, 0.15) is 76.7 Å². The maximum Gasteiger partial charge on any atom is -0.0250 e. The van der Waals surface area contributed by atoms with Crippen LogP contribution in [0, 0.1) is 23.7 Å². The zero-order valence-corrected chi connectivity index (χ0v) is 14.5. The van der Waals surface area contributed by atoms with Crippen molar-refractivity contribution in [1.82, 2.24) is 0 Å². The normalized spacial score (nSPS) is 32.8. The fourth-order valence-corrected chi connectivity index (χ4v) is 5.17. The van der Waals surface area contributed by atoms with E-state index in [9.17, 15) is 0 Å². The van der Waals surface area contributed by atoms with Gasteiger partial charge in [0.15, 0.2) is 0 Å². The summed E-state index contributed by atoms with van der Waals surface area (Å²) in [5.41, 5.74) is 1.55. The Labute approximate surface area is 137 Å². The third-order valence-corrected chi connectivity index (χ3v) is 6.51. The molecule has 0 saturated heterocycles. The van der Waals surface area contributed by atoms with E-state index in [0.717, 1.165) is 23.7 Å². The maximum atomic E-state index is 2.35. The molecule has 0 amide bonds. The lowest BCUT2D eigenvalue weighted by Crippen LogP contribution is -2.26. The van der Waals surface area contributed by atoms with E-state index in [0.29, 0.717) is 0 Å². The van der Waals surface area contributed by atoms with Gasteiger partial charge >= 0.3 is 0 Å². The van der Waals surface area contributed by atoms with Crippen LogP contribution in [0.25, 0.3) is 0 Å². The van der Waals surface area contributed by atoms with Crippen LogP contribution in [0.15, 0.2) is 30.3 Å². The Bertz CT molecular complexity index is 405. The van der Waals surface area contributed by atoms with E-state index in [4.69, 9.17) is 0 Å². The van der Waals surface area contributed by atoms with Gasteiger partial charge in [-0.2, -0.15) is 0 Å². The van der Waals surface area contributed by atoms with Crippen molar-refractivity contribution in [3.8, 4) is 0 Å². The topological polar surface area (TPSA) is 0 Å². The predicted molar refractivity (Wildman–Crippen MR) is 96.0 cm³/mol. The van der Waals surface area contributed by atoms with Crippen LogP contribution in [-0.2, 0) is 6.42 Å². The molecule has 0 heteroatoms. The largest absolute Gasteiger partial charge is 0.0654 e. The zero-order chi connectivity index (χ0) is 15.2. The van der Waals surface area contributed by atoms with Crippen LogP contribution >= 0.6 is 0 Å². The minimum atomic E-state index is 0.954. The molecule has 0 spiro atoms. The molecule has 2 saturated carbocycles. The zero-order valence-electron chi connectivity index (χ0n) is 14.5. The van der Waals surface area contributed by atoms with E-state index in [-0.39, 0.29) is 0 Å². The van der Waals surface area contributed by atoms with Crippen molar-refractivity contribution < 1.29 is 0 Å². The van der Waals surface area contributed by atoms with Crippen LogP contribution in [-0.4, -0.2) is 0 Å². The molecule has 2 fully saturated rings. The summed E-state index contributed by atoms with van der Waals surface area (Å²) in [7, 11) is 0. The highest BCUT2D eigenvalue weighted by atomic mass is 14.4. The van der Waals surface area contributed by atoms with E-state index in [1.54, 1.807) is 18.4 Å². The lowest BCUT2D eigenvalue weighted by atomic mass is 9.68. The summed E-state index contributed by atoms with van der Waals surface area (Å²) in [5.74, 6) is 4.16. The van der Waals surface area contributed by atoms with Crippen molar-refractivity contribution in [3.63, 3.8) is 0 Å². The van der Waals surface area contributed by atoms with Crippen molar-refractivity contribution in [2.45, 2.75) is 77.6 Å². The lowest BCUT2D eigenvalue weighted by Gasteiger charge is -2.38. The lowest BCUT2D eigenvalue weighted by molar-refractivity contribution is 0.143. The minimum Gasteiger partial charge on any atom is -0.0654 e. The van der Waals surface area contributed by atoms with Gasteiger partial charge < -0.3 is 0 Å². The van der Waals surface area contributed by atoms with Crippen molar-refractivity contribution >= 4 is 0 Å². The second-order valence-corrected chi connectivity index (χ2v) is 8.04. The monoisotopic (exact) mass is 298 g/mol. The first-order chi connectivity index (χ1) is 10.8. The van der Waals surface area contributed by atoms with E-state index >= 15 is 0 Å². The molecule has 0 heterocycles. The highest BCUT2D eigenvalue weighted by molar-refractivity contribution is 5.15. The summed E-state index contributed by atoms with van der Waals surface area (Å²) in [4.78, 5) is 0. The first-order valence-electron chi connectivity index (χ1n) is 9.89. The average Bonchev–Trinajstić information content (AvgIpc) is 2.58. The molecule has 0 N–H and O–H groups in total. The summed E-state index contributed by atoms with van der Waals surface area (Å²) in [6, 6.07) is 11.1. The van der Waals surface area contributed by atoms with Gasteiger partial charge in [-0.05, 0) is 74.2 Å². The SMILES string of the molecule is CCC[C@H]1CC[C@H](C2CCC(Cc3ccccc3)CC2)CC1. The summed E-state index contributed by atoms with van der Waals surface area (Å²) >= 11 is 0. The predicted octanol–water partition coefficient (Wildman–Crippen LogP) is 6.64. The van der Waals surface area contributed by atoms with E-state index in [1.807, 2.05) is 0 Å². The summed E-state index contributed by atoms with van der Waals surface area (Å²) < 4.78 is 0. The molecule has 3 rings (SSSR count). The van der Waals surface area contributed by atoms with E-state index < -0.39 is 0 Å². The molecule has 2 aliphatic rings. The average molecular weight is 299 g/mol. The highest BCUT2D eigenvalue weighted by Gasteiger charge is 2.30. The molecule has 1 aromatic carbocycles. The van der Waals surface area contributed by atoms with Gasteiger partial charge in [0.1, 0.15) is 0 Å². The molecule has 0 nitrogen and oxygen atoms in total. The van der Waals surface area contributed by atoms with Crippen LogP contribution in [0.5, 0.6) is 0 Å². The molecule has 1 aromatic rings. The van der Waals surface area contributed by atoms with Gasteiger partial charge in [0.25, 0.3) is 0 Å². The van der Waals surface area contributed by atoms with Crippen LogP contribution < -0.4 is 0 Å². The Morgan fingerprint density at radius 2 is 1.27 bits per heavy atom. The van der Waals surface area contributed by atoms with Gasteiger partial charge in [0.2, 0.25) is 0 Å². The summed E-state index contributed by atoms with van der Waals surface area (Å²) in [6.07, 6.45) is 16.3. The van der Waals surface area contributed by atoms with Gasteiger partial charge in [0, 0.05) is 0 Å². The molecule has 0 radical (unpaired) electrons. The molecule has 0 aromatic heterocycles. The fraction of sp³-hybridized carbons (Fsp3) is 0.727. The molecule has 2 aliphatic carbocycles. The Morgan fingerprint density at radius 1 is 0.727 bits per heavy atom. The maximum absolute atomic E-state index is 2.35. The first-order valence-corrected chi connectivity index (χ1v) is 9.89. The first kappa shape index (κ1) is 16.1. The van der Waals surface area contributed by atoms with Crippen LogP contribution in [0.4, 0.5) is 0 Å². The van der Waals surface area contributed by atoms with Gasteiger partial charge in [0.05, 0.1) is 0 Å². The summed E-state index contributed by atoms with van der Waals surface area (Å²) in [5, 5.41) is 0. The molecular formula is C22H34. The molecule has 0 aliphatic heterocycles. The Morgan fingerprint density at radius 3 is 1.82 bits per heavy atom. The van der Waals surface area contributed by atoms with Crippen LogP contribution in [0.3, 0.4) is 0 Å². The summed E-state index contributed by atoms with van der Waals surface area (Å²) in [6.45, 7) is 2.35. The van der Waals surface area contributed by atoms with Gasteiger partial charge in [-0.1, -0.05) is 62.9 Å². The van der Waals surface area contributed by atoms with Gasteiger partial charge in [-0.15, -0.1) is 0 Å². The van der Waals surface area contributed by atoms with Crippen molar-refractivity contribution in [2.24, 2.45) is 23.7 Å². The van der Waals surface area contributed by atoms with Crippen molar-refractivity contribution in [2.75, 3.05) is 0 Å². The molecular weight excluding hydrogens is 264 g/mol. The smallest absolute Gasteiger partial charge is 0.0250 e. The molecule has 0 unspecified atom stereocenters. The second-order valence-electron chi connectivity index (χ2n) is 8.04. The quantitative estimate of drug-likeness (QED) is 0.571.